The summed E-state index contributed by atoms with van der Waals surface area (Å²) in [6.45, 7) is 13.8. The Kier molecular flexibility index (Phi) is 8.49. The summed E-state index contributed by atoms with van der Waals surface area (Å²) in [4.78, 5) is 28.5. The number of fused-ring (bicyclic) bond motifs is 1. The van der Waals surface area contributed by atoms with Crippen LogP contribution >= 0.6 is 11.6 Å². The van der Waals surface area contributed by atoms with E-state index in [1.54, 1.807) is 0 Å². The van der Waals surface area contributed by atoms with Crippen molar-refractivity contribution < 1.29 is 9.90 Å². The highest BCUT2D eigenvalue weighted by Crippen LogP contribution is 2.32. The van der Waals surface area contributed by atoms with Gasteiger partial charge in [0.1, 0.15) is 11.5 Å². The number of β-amino-alcohol motifs (C(OH)–C–C–N with tert-alkyl or cyclic N) is 1. The van der Waals surface area contributed by atoms with Gasteiger partial charge in [0.25, 0.3) is 0 Å². The van der Waals surface area contributed by atoms with E-state index in [1.807, 2.05) is 36.5 Å². The summed E-state index contributed by atoms with van der Waals surface area (Å²) in [5, 5.41) is 18.4. The highest BCUT2D eigenvalue weighted by Gasteiger charge is 2.39. The van der Waals surface area contributed by atoms with E-state index in [1.165, 1.54) is 5.56 Å². The minimum atomic E-state index is -0.867. The molecule has 1 saturated heterocycles. The van der Waals surface area contributed by atoms with Gasteiger partial charge in [-0.15, -0.1) is 0 Å². The van der Waals surface area contributed by atoms with Crippen LogP contribution in [0.15, 0.2) is 36.5 Å². The Morgan fingerprint density at radius 1 is 1.24 bits per heavy atom. The van der Waals surface area contributed by atoms with Crippen molar-refractivity contribution in [3.8, 4) is 0 Å². The van der Waals surface area contributed by atoms with Crippen molar-refractivity contribution in [1.82, 2.24) is 25.2 Å². The van der Waals surface area contributed by atoms with Crippen molar-refractivity contribution >= 4 is 40.2 Å². The van der Waals surface area contributed by atoms with Gasteiger partial charge >= 0.3 is 6.03 Å². The molecule has 3 aromatic rings. The van der Waals surface area contributed by atoms with E-state index in [-0.39, 0.29) is 22.8 Å². The first kappa shape index (κ1) is 28.1. The van der Waals surface area contributed by atoms with Crippen LogP contribution in [0.1, 0.15) is 53.0 Å². The van der Waals surface area contributed by atoms with Gasteiger partial charge in [-0.25, -0.2) is 4.79 Å². The molecule has 206 valence electrons. The Labute approximate surface area is 230 Å². The predicted octanol–water partition coefficient (Wildman–Crippen LogP) is 4.77. The number of aromatic nitrogens is 3. The molecular weight excluding hydrogens is 502 g/mol. The number of hydrogen-bond donors (Lipinski definition) is 4. The predicted molar refractivity (Wildman–Crippen MR) is 154 cm³/mol. The zero-order valence-corrected chi connectivity index (χ0v) is 23.8. The SMILES string of the molecule is CC(C)N(CCCNC(=O)Nc1ccc(C(C)(C)C)cc1)CC1(O)CCN(c2nc(Cl)nc3[nH]ccc23)C1. The lowest BCUT2D eigenvalue weighted by molar-refractivity contribution is 0.0125. The van der Waals surface area contributed by atoms with E-state index < -0.39 is 5.60 Å². The second kappa shape index (κ2) is 11.5. The van der Waals surface area contributed by atoms with Crippen LogP contribution in [-0.2, 0) is 5.41 Å². The summed E-state index contributed by atoms with van der Waals surface area (Å²) < 4.78 is 0. The summed E-state index contributed by atoms with van der Waals surface area (Å²) in [7, 11) is 0. The number of hydrogen-bond acceptors (Lipinski definition) is 6. The number of carbonyl (C=O) groups is 1. The quantitative estimate of drug-likeness (QED) is 0.229. The molecule has 2 aromatic heterocycles. The molecule has 4 N–H and O–H groups in total. The lowest BCUT2D eigenvalue weighted by Crippen LogP contribution is -2.48. The fourth-order valence-electron chi connectivity index (χ4n) is 4.92. The normalized spacial score (nSPS) is 18.1. The topological polar surface area (TPSA) is 109 Å². The fourth-order valence-corrected chi connectivity index (χ4v) is 5.08. The highest BCUT2D eigenvalue weighted by atomic mass is 35.5. The standard InChI is InChI=1S/C28H40ClN7O2/c1-19(2)35(15-6-13-31-26(37)32-21-9-7-20(8-10-21)27(3,4)5)17-28(38)12-16-36(18-28)24-22-11-14-30-23(22)33-25(29)34-24/h7-11,14,19,38H,6,12-13,15-18H2,1-5H3,(H,30,33,34)(H2,31,32,37). The van der Waals surface area contributed by atoms with E-state index in [4.69, 9.17) is 11.6 Å². The minimum absolute atomic E-state index is 0.0749. The molecule has 0 bridgehead atoms. The number of anilines is 2. The van der Waals surface area contributed by atoms with Gasteiger partial charge < -0.3 is 25.6 Å². The van der Waals surface area contributed by atoms with Crippen LogP contribution < -0.4 is 15.5 Å². The Bertz CT molecular complexity index is 1240. The zero-order valence-electron chi connectivity index (χ0n) is 23.0. The van der Waals surface area contributed by atoms with Crippen LogP contribution in [-0.4, -0.2) is 75.4 Å². The second-order valence-corrected chi connectivity index (χ2v) is 11.9. The maximum Gasteiger partial charge on any atom is 0.319 e. The third kappa shape index (κ3) is 6.95. The Hall–Kier alpha value is -2.88. The number of amides is 2. The average Bonchev–Trinajstić information content (AvgIpc) is 3.47. The number of benzene rings is 1. The lowest BCUT2D eigenvalue weighted by atomic mass is 9.87. The van der Waals surface area contributed by atoms with Gasteiger partial charge in [0.15, 0.2) is 0 Å². The number of nitrogens with one attached hydrogen (secondary N) is 3. The minimum Gasteiger partial charge on any atom is -0.387 e. The van der Waals surface area contributed by atoms with Crippen LogP contribution in [0.4, 0.5) is 16.3 Å². The number of aliphatic hydroxyl groups is 1. The number of halogens is 1. The molecule has 10 heteroatoms. The van der Waals surface area contributed by atoms with E-state index in [0.717, 1.165) is 29.9 Å². The number of nitrogens with zero attached hydrogens (tertiary/aromatic N) is 4. The molecule has 0 saturated carbocycles. The van der Waals surface area contributed by atoms with Gasteiger partial charge in [-0.3, -0.25) is 4.90 Å². The average molecular weight is 542 g/mol. The van der Waals surface area contributed by atoms with Gasteiger partial charge in [-0.05, 0) is 67.5 Å². The molecule has 1 aromatic carbocycles. The van der Waals surface area contributed by atoms with Crippen LogP contribution in [0.3, 0.4) is 0 Å². The van der Waals surface area contributed by atoms with Crippen molar-refractivity contribution in [2.24, 2.45) is 0 Å². The number of H-pyrrole nitrogens is 1. The molecule has 4 rings (SSSR count). The maximum absolute atomic E-state index is 12.4. The number of rotatable bonds is 9. The van der Waals surface area contributed by atoms with E-state index in [0.29, 0.717) is 38.2 Å². The van der Waals surface area contributed by atoms with E-state index in [9.17, 15) is 9.90 Å². The van der Waals surface area contributed by atoms with E-state index in [2.05, 4.69) is 70.0 Å². The first-order valence-electron chi connectivity index (χ1n) is 13.3. The summed E-state index contributed by atoms with van der Waals surface area (Å²) in [6.07, 6.45) is 3.23. The monoisotopic (exact) mass is 541 g/mol. The summed E-state index contributed by atoms with van der Waals surface area (Å²) in [6, 6.07) is 9.94. The molecule has 1 aliphatic heterocycles. The van der Waals surface area contributed by atoms with Crippen molar-refractivity contribution in [3.05, 3.63) is 47.4 Å². The van der Waals surface area contributed by atoms with Crippen molar-refractivity contribution in [3.63, 3.8) is 0 Å². The summed E-state index contributed by atoms with van der Waals surface area (Å²) in [5.74, 6) is 0.747. The fraction of sp³-hybridized carbons (Fsp3) is 0.536. The molecular formula is C28H40ClN7O2. The van der Waals surface area contributed by atoms with Crippen molar-refractivity contribution in [2.75, 3.05) is 42.9 Å². The van der Waals surface area contributed by atoms with Crippen LogP contribution in [0, 0.1) is 0 Å². The Balaban J connectivity index is 1.26. The number of aromatic amines is 1. The van der Waals surface area contributed by atoms with E-state index >= 15 is 0 Å². The first-order chi connectivity index (χ1) is 17.9. The Morgan fingerprint density at radius 2 is 1.97 bits per heavy atom. The van der Waals surface area contributed by atoms with Crippen LogP contribution in [0.5, 0.6) is 0 Å². The van der Waals surface area contributed by atoms with Gasteiger partial charge in [0, 0.05) is 50.6 Å². The Morgan fingerprint density at radius 3 is 2.66 bits per heavy atom. The third-order valence-electron chi connectivity index (χ3n) is 7.14. The zero-order chi connectivity index (χ0) is 27.5. The number of carbonyl (C=O) groups excluding carboxylic acids is 1. The van der Waals surface area contributed by atoms with Gasteiger partial charge in [0.05, 0.1) is 11.0 Å². The lowest BCUT2D eigenvalue weighted by Gasteiger charge is -2.34. The van der Waals surface area contributed by atoms with Crippen LogP contribution in [0.2, 0.25) is 5.28 Å². The van der Waals surface area contributed by atoms with Crippen LogP contribution in [0.25, 0.3) is 11.0 Å². The summed E-state index contributed by atoms with van der Waals surface area (Å²) >= 11 is 6.14. The maximum atomic E-state index is 12.4. The van der Waals surface area contributed by atoms with Gasteiger partial charge in [-0.1, -0.05) is 32.9 Å². The van der Waals surface area contributed by atoms with Crippen molar-refractivity contribution in [1.29, 1.82) is 0 Å². The molecule has 1 fully saturated rings. The molecule has 0 radical (unpaired) electrons. The van der Waals surface area contributed by atoms with Gasteiger partial charge in [0.2, 0.25) is 5.28 Å². The van der Waals surface area contributed by atoms with Crippen molar-refractivity contribution in [2.45, 2.75) is 64.5 Å². The first-order valence-corrected chi connectivity index (χ1v) is 13.7. The molecule has 1 aliphatic rings. The summed E-state index contributed by atoms with van der Waals surface area (Å²) in [5.41, 5.74) is 1.90. The molecule has 1 atom stereocenters. The second-order valence-electron chi connectivity index (χ2n) is 11.6. The molecule has 0 spiro atoms. The molecule has 38 heavy (non-hydrogen) atoms. The van der Waals surface area contributed by atoms with Gasteiger partial charge in [-0.2, -0.15) is 9.97 Å². The molecule has 3 heterocycles. The smallest absolute Gasteiger partial charge is 0.319 e. The largest absolute Gasteiger partial charge is 0.387 e. The third-order valence-corrected chi connectivity index (χ3v) is 7.31. The molecule has 9 nitrogen and oxygen atoms in total. The highest BCUT2D eigenvalue weighted by molar-refractivity contribution is 6.28. The molecule has 1 unspecified atom stereocenters. The number of urea groups is 1. The molecule has 0 aliphatic carbocycles. The molecule has 2 amide bonds.